The zero-order valence-electron chi connectivity index (χ0n) is 10.4. The first kappa shape index (κ1) is 13.5. The van der Waals surface area contributed by atoms with Crippen LogP contribution in [0.15, 0.2) is 0 Å². The van der Waals surface area contributed by atoms with Crippen LogP contribution in [0.1, 0.15) is 39.0 Å². The summed E-state index contributed by atoms with van der Waals surface area (Å²) in [5.41, 5.74) is 5.43. The predicted octanol–water partition coefficient (Wildman–Crippen LogP) is 1.05. The molecular formula is C12H24N2O2. The highest BCUT2D eigenvalue weighted by molar-refractivity contribution is 5.77. The standard InChI is InChI=1S/C12H24N2O2/c1-9(7-8-16-2)14-11-6-4-3-5-10(11)12(13)15/h9-11,14H,3-8H2,1-2H3,(H2,13,15)/t9-,10+,11-/m1/s1. The highest BCUT2D eigenvalue weighted by atomic mass is 16.5. The van der Waals surface area contributed by atoms with Crippen LogP contribution in [0.25, 0.3) is 0 Å². The lowest BCUT2D eigenvalue weighted by Gasteiger charge is -2.32. The van der Waals surface area contributed by atoms with Gasteiger partial charge in [-0.2, -0.15) is 0 Å². The Morgan fingerprint density at radius 1 is 1.50 bits per heavy atom. The summed E-state index contributed by atoms with van der Waals surface area (Å²) in [6.45, 7) is 2.88. The molecule has 3 N–H and O–H groups in total. The molecule has 3 atom stereocenters. The van der Waals surface area contributed by atoms with Crippen LogP contribution in [0, 0.1) is 5.92 Å². The smallest absolute Gasteiger partial charge is 0.222 e. The summed E-state index contributed by atoms with van der Waals surface area (Å²) in [6.07, 6.45) is 5.28. The molecule has 1 fully saturated rings. The molecule has 16 heavy (non-hydrogen) atoms. The number of rotatable bonds is 6. The van der Waals surface area contributed by atoms with Crippen LogP contribution in [0.4, 0.5) is 0 Å². The number of carbonyl (C=O) groups is 1. The van der Waals surface area contributed by atoms with Gasteiger partial charge < -0.3 is 15.8 Å². The van der Waals surface area contributed by atoms with Gasteiger partial charge in [-0.1, -0.05) is 12.8 Å². The van der Waals surface area contributed by atoms with Crippen molar-refractivity contribution in [1.29, 1.82) is 0 Å². The Morgan fingerprint density at radius 3 is 2.81 bits per heavy atom. The molecule has 4 heteroatoms. The lowest BCUT2D eigenvalue weighted by molar-refractivity contribution is -0.123. The number of primary amides is 1. The maximum absolute atomic E-state index is 11.3. The highest BCUT2D eigenvalue weighted by Gasteiger charge is 2.29. The molecule has 0 saturated heterocycles. The van der Waals surface area contributed by atoms with Crippen molar-refractivity contribution >= 4 is 5.91 Å². The average molecular weight is 228 g/mol. The third-order valence-corrected chi connectivity index (χ3v) is 3.38. The quantitative estimate of drug-likeness (QED) is 0.714. The number of amides is 1. The second-order valence-corrected chi connectivity index (χ2v) is 4.75. The van der Waals surface area contributed by atoms with Crippen LogP contribution < -0.4 is 11.1 Å². The maximum atomic E-state index is 11.3. The topological polar surface area (TPSA) is 64.3 Å². The van der Waals surface area contributed by atoms with E-state index in [9.17, 15) is 4.79 Å². The van der Waals surface area contributed by atoms with Gasteiger partial charge in [0.15, 0.2) is 0 Å². The molecule has 1 saturated carbocycles. The highest BCUT2D eigenvalue weighted by Crippen LogP contribution is 2.24. The normalized spacial score (nSPS) is 27.6. The number of ether oxygens (including phenoxy) is 1. The fraction of sp³-hybridized carbons (Fsp3) is 0.917. The SMILES string of the molecule is COCC[C@@H](C)N[C@@H]1CCCC[C@@H]1C(N)=O. The van der Waals surface area contributed by atoms with Crippen molar-refractivity contribution in [3.8, 4) is 0 Å². The lowest BCUT2D eigenvalue weighted by atomic mass is 9.83. The molecule has 0 aromatic rings. The van der Waals surface area contributed by atoms with Crippen molar-refractivity contribution in [2.75, 3.05) is 13.7 Å². The molecule has 94 valence electrons. The Bertz CT molecular complexity index is 221. The van der Waals surface area contributed by atoms with Gasteiger partial charge in [0.1, 0.15) is 0 Å². The number of nitrogens with one attached hydrogen (secondary N) is 1. The number of nitrogens with two attached hydrogens (primary N) is 1. The van der Waals surface area contributed by atoms with Gasteiger partial charge in [0.05, 0.1) is 5.92 Å². The van der Waals surface area contributed by atoms with Crippen LogP contribution in [0.3, 0.4) is 0 Å². The third-order valence-electron chi connectivity index (χ3n) is 3.38. The maximum Gasteiger partial charge on any atom is 0.222 e. The molecule has 0 spiro atoms. The van der Waals surface area contributed by atoms with Gasteiger partial charge in [-0.15, -0.1) is 0 Å². The summed E-state index contributed by atoms with van der Waals surface area (Å²) in [7, 11) is 1.71. The largest absolute Gasteiger partial charge is 0.385 e. The van der Waals surface area contributed by atoms with E-state index in [4.69, 9.17) is 10.5 Å². The van der Waals surface area contributed by atoms with Crippen LogP contribution in [-0.4, -0.2) is 31.7 Å². The fourth-order valence-electron chi connectivity index (χ4n) is 2.41. The summed E-state index contributed by atoms with van der Waals surface area (Å²) in [4.78, 5) is 11.3. The second kappa shape index (κ2) is 6.86. The van der Waals surface area contributed by atoms with Gasteiger partial charge in [-0.05, 0) is 26.2 Å². The summed E-state index contributed by atoms with van der Waals surface area (Å²) < 4.78 is 5.04. The molecule has 0 unspecified atom stereocenters. The number of carbonyl (C=O) groups excluding carboxylic acids is 1. The monoisotopic (exact) mass is 228 g/mol. The minimum Gasteiger partial charge on any atom is -0.385 e. The van der Waals surface area contributed by atoms with Crippen molar-refractivity contribution in [3.05, 3.63) is 0 Å². The molecule has 1 aliphatic carbocycles. The number of hydrogen-bond donors (Lipinski definition) is 2. The van der Waals surface area contributed by atoms with Crippen molar-refractivity contribution < 1.29 is 9.53 Å². The first-order valence-electron chi connectivity index (χ1n) is 6.19. The molecule has 4 nitrogen and oxygen atoms in total. The summed E-state index contributed by atoms with van der Waals surface area (Å²) >= 11 is 0. The minimum atomic E-state index is -0.156. The molecule has 0 aromatic heterocycles. The lowest BCUT2D eigenvalue weighted by Crippen LogP contribution is -2.48. The predicted molar refractivity (Wildman–Crippen MR) is 64.0 cm³/mol. The molecular weight excluding hydrogens is 204 g/mol. The van der Waals surface area contributed by atoms with E-state index >= 15 is 0 Å². The minimum absolute atomic E-state index is 0.0127. The fourth-order valence-corrected chi connectivity index (χ4v) is 2.41. The van der Waals surface area contributed by atoms with Crippen molar-refractivity contribution in [3.63, 3.8) is 0 Å². The van der Waals surface area contributed by atoms with Crippen molar-refractivity contribution in [2.45, 2.75) is 51.1 Å². The average Bonchev–Trinajstić information content (AvgIpc) is 2.27. The van der Waals surface area contributed by atoms with E-state index in [1.165, 1.54) is 6.42 Å². The first-order valence-corrected chi connectivity index (χ1v) is 6.19. The molecule has 1 rings (SSSR count). The summed E-state index contributed by atoms with van der Waals surface area (Å²) in [5.74, 6) is -0.144. The Hall–Kier alpha value is -0.610. The third kappa shape index (κ3) is 4.10. The van der Waals surface area contributed by atoms with E-state index in [0.29, 0.717) is 6.04 Å². The van der Waals surface area contributed by atoms with Gasteiger partial charge in [-0.25, -0.2) is 0 Å². The Balaban J connectivity index is 2.39. The summed E-state index contributed by atoms with van der Waals surface area (Å²) in [5, 5.41) is 3.50. The van der Waals surface area contributed by atoms with Crippen molar-refractivity contribution in [1.82, 2.24) is 5.32 Å². The molecule has 0 heterocycles. The molecule has 1 aliphatic rings. The molecule has 0 aliphatic heterocycles. The van der Waals surface area contributed by atoms with E-state index in [1.54, 1.807) is 7.11 Å². The van der Waals surface area contributed by atoms with Crippen LogP contribution in [-0.2, 0) is 9.53 Å². The second-order valence-electron chi connectivity index (χ2n) is 4.75. The van der Waals surface area contributed by atoms with E-state index in [2.05, 4.69) is 12.2 Å². The number of methoxy groups -OCH3 is 1. The van der Waals surface area contributed by atoms with E-state index < -0.39 is 0 Å². The van der Waals surface area contributed by atoms with Crippen LogP contribution >= 0.6 is 0 Å². The van der Waals surface area contributed by atoms with Crippen LogP contribution in [0.2, 0.25) is 0 Å². The Kier molecular flexibility index (Phi) is 5.77. The van der Waals surface area contributed by atoms with E-state index in [0.717, 1.165) is 32.3 Å². The van der Waals surface area contributed by atoms with Gasteiger partial charge in [-0.3, -0.25) is 4.79 Å². The zero-order chi connectivity index (χ0) is 12.0. The summed E-state index contributed by atoms with van der Waals surface area (Å²) in [6, 6.07) is 0.642. The van der Waals surface area contributed by atoms with Gasteiger partial charge >= 0.3 is 0 Å². The van der Waals surface area contributed by atoms with Gasteiger partial charge in [0, 0.05) is 25.8 Å². The Morgan fingerprint density at radius 2 is 2.19 bits per heavy atom. The zero-order valence-corrected chi connectivity index (χ0v) is 10.4. The van der Waals surface area contributed by atoms with E-state index in [1.807, 2.05) is 0 Å². The first-order chi connectivity index (χ1) is 7.65. The van der Waals surface area contributed by atoms with E-state index in [-0.39, 0.29) is 17.9 Å². The molecule has 0 bridgehead atoms. The molecule has 0 radical (unpaired) electrons. The van der Waals surface area contributed by atoms with Gasteiger partial charge in [0.2, 0.25) is 5.91 Å². The Labute approximate surface area is 97.9 Å². The van der Waals surface area contributed by atoms with Crippen LogP contribution in [0.5, 0.6) is 0 Å². The number of hydrogen-bond acceptors (Lipinski definition) is 3. The molecule has 1 amide bonds. The van der Waals surface area contributed by atoms with Crippen molar-refractivity contribution in [2.24, 2.45) is 11.7 Å². The van der Waals surface area contributed by atoms with Gasteiger partial charge in [0.25, 0.3) is 0 Å². The molecule has 0 aromatic carbocycles.